The van der Waals surface area contributed by atoms with Crippen molar-refractivity contribution in [3.05, 3.63) is 35.4 Å². The topological polar surface area (TPSA) is 18.5 Å². The summed E-state index contributed by atoms with van der Waals surface area (Å²) in [5.74, 6) is 0. The first kappa shape index (κ1) is 16.2. The van der Waals surface area contributed by atoms with Crippen molar-refractivity contribution in [2.24, 2.45) is 0 Å². The standard InChI is InChI=1S/C16H29N3/c1-17-11-10-15-6-8-16(9-7-15)14-19(4)13-5-12-18(2)3/h6-9,17H,5,10-14H2,1-4H3. The number of hydrogen-bond acceptors (Lipinski definition) is 3. The molecular weight excluding hydrogens is 234 g/mol. The molecule has 0 amide bonds. The molecular formula is C16H29N3. The van der Waals surface area contributed by atoms with Gasteiger partial charge in [0, 0.05) is 6.54 Å². The molecule has 108 valence electrons. The second kappa shape index (κ2) is 9.08. The average molecular weight is 263 g/mol. The summed E-state index contributed by atoms with van der Waals surface area (Å²) in [6, 6.07) is 9.02. The highest BCUT2D eigenvalue weighted by molar-refractivity contribution is 5.22. The first-order chi connectivity index (χ1) is 9.11. The zero-order valence-electron chi connectivity index (χ0n) is 12.9. The summed E-state index contributed by atoms with van der Waals surface area (Å²) in [5.41, 5.74) is 2.81. The molecule has 0 unspecified atom stereocenters. The molecule has 0 aliphatic carbocycles. The second-order valence-corrected chi connectivity index (χ2v) is 5.56. The second-order valence-electron chi connectivity index (χ2n) is 5.56. The molecule has 0 aromatic heterocycles. The van der Waals surface area contributed by atoms with E-state index in [1.807, 2.05) is 7.05 Å². The minimum atomic E-state index is 1.04. The van der Waals surface area contributed by atoms with E-state index in [-0.39, 0.29) is 0 Å². The van der Waals surface area contributed by atoms with Gasteiger partial charge in [0.05, 0.1) is 0 Å². The Bertz CT molecular complexity index is 332. The van der Waals surface area contributed by atoms with Crippen LogP contribution in [0.1, 0.15) is 17.5 Å². The van der Waals surface area contributed by atoms with Gasteiger partial charge < -0.3 is 15.1 Å². The van der Waals surface area contributed by atoms with Crippen LogP contribution in [0.25, 0.3) is 0 Å². The van der Waals surface area contributed by atoms with E-state index in [0.29, 0.717) is 0 Å². The van der Waals surface area contributed by atoms with Gasteiger partial charge in [-0.05, 0) is 71.8 Å². The lowest BCUT2D eigenvalue weighted by molar-refractivity contribution is 0.294. The van der Waals surface area contributed by atoms with E-state index in [2.05, 4.69) is 60.5 Å². The van der Waals surface area contributed by atoms with E-state index in [9.17, 15) is 0 Å². The van der Waals surface area contributed by atoms with Crippen LogP contribution in [-0.2, 0) is 13.0 Å². The van der Waals surface area contributed by atoms with Crippen LogP contribution in [0.2, 0.25) is 0 Å². The average Bonchev–Trinajstić information content (AvgIpc) is 2.37. The van der Waals surface area contributed by atoms with Crippen LogP contribution in [0.15, 0.2) is 24.3 Å². The van der Waals surface area contributed by atoms with E-state index in [1.165, 1.54) is 17.5 Å². The molecule has 0 fully saturated rings. The zero-order valence-corrected chi connectivity index (χ0v) is 12.9. The summed E-state index contributed by atoms with van der Waals surface area (Å²) in [6.07, 6.45) is 2.33. The lowest BCUT2D eigenvalue weighted by Crippen LogP contribution is -2.23. The lowest BCUT2D eigenvalue weighted by atomic mass is 10.1. The lowest BCUT2D eigenvalue weighted by Gasteiger charge is -2.18. The summed E-state index contributed by atoms with van der Waals surface area (Å²) in [4.78, 5) is 4.64. The zero-order chi connectivity index (χ0) is 14.1. The van der Waals surface area contributed by atoms with E-state index in [1.54, 1.807) is 0 Å². The molecule has 3 heteroatoms. The van der Waals surface area contributed by atoms with Crippen molar-refractivity contribution in [3.63, 3.8) is 0 Å². The minimum Gasteiger partial charge on any atom is -0.319 e. The summed E-state index contributed by atoms with van der Waals surface area (Å²) < 4.78 is 0. The van der Waals surface area contributed by atoms with Crippen molar-refractivity contribution >= 4 is 0 Å². The molecule has 0 aliphatic heterocycles. The fraction of sp³-hybridized carbons (Fsp3) is 0.625. The highest BCUT2D eigenvalue weighted by Crippen LogP contribution is 2.07. The third kappa shape index (κ3) is 7.31. The smallest absolute Gasteiger partial charge is 0.0230 e. The Morgan fingerprint density at radius 1 is 0.947 bits per heavy atom. The Labute approximate surface area is 118 Å². The molecule has 0 aliphatic rings. The molecule has 1 aromatic carbocycles. The van der Waals surface area contributed by atoms with Crippen LogP contribution in [0.4, 0.5) is 0 Å². The van der Waals surface area contributed by atoms with Gasteiger partial charge in [-0.2, -0.15) is 0 Å². The SMILES string of the molecule is CNCCc1ccc(CN(C)CCCN(C)C)cc1. The van der Waals surface area contributed by atoms with Gasteiger partial charge in [-0.3, -0.25) is 0 Å². The van der Waals surface area contributed by atoms with Crippen molar-refractivity contribution < 1.29 is 0 Å². The first-order valence-electron chi connectivity index (χ1n) is 7.17. The third-order valence-corrected chi connectivity index (χ3v) is 3.28. The quantitative estimate of drug-likeness (QED) is 0.733. The Kier molecular flexibility index (Phi) is 7.72. The van der Waals surface area contributed by atoms with Crippen LogP contribution in [0, 0.1) is 0 Å². The van der Waals surface area contributed by atoms with Crippen molar-refractivity contribution in [3.8, 4) is 0 Å². The molecule has 0 radical (unpaired) electrons. The van der Waals surface area contributed by atoms with Crippen LogP contribution >= 0.6 is 0 Å². The Hall–Kier alpha value is -0.900. The predicted molar refractivity (Wildman–Crippen MR) is 83.6 cm³/mol. The molecule has 1 rings (SSSR count). The highest BCUT2D eigenvalue weighted by atomic mass is 15.1. The van der Waals surface area contributed by atoms with Gasteiger partial charge in [-0.15, -0.1) is 0 Å². The normalized spacial score (nSPS) is 11.5. The third-order valence-electron chi connectivity index (χ3n) is 3.28. The van der Waals surface area contributed by atoms with Crippen LogP contribution in [0.3, 0.4) is 0 Å². The summed E-state index contributed by atoms with van der Waals surface area (Å²) in [6.45, 7) is 4.40. The molecule has 0 atom stereocenters. The molecule has 0 bridgehead atoms. The molecule has 0 saturated carbocycles. The molecule has 0 saturated heterocycles. The number of benzene rings is 1. The van der Waals surface area contributed by atoms with Gasteiger partial charge in [0.1, 0.15) is 0 Å². The number of nitrogens with zero attached hydrogens (tertiary/aromatic N) is 2. The summed E-state index contributed by atoms with van der Waals surface area (Å²) in [7, 11) is 8.45. The number of hydrogen-bond donors (Lipinski definition) is 1. The molecule has 1 N–H and O–H groups in total. The van der Waals surface area contributed by atoms with Crippen molar-refractivity contribution in [2.45, 2.75) is 19.4 Å². The molecule has 3 nitrogen and oxygen atoms in total. The summed E-state index contributed by atoms with van der Waals surface area (Å²) >= 11 is 0. The van der Waals surface area contributed by atoms with Crippen molar-refractivity contribution in [1.82, 2.24) is 15.1 Å². The first-order valence-corrected chi connectivity index (χ1v) is 7.17. The van der Waals surface area contributed by atoms with Crippen LogP contribution in [-0.4, -0.2) is 57.6 Å². The molecule has 0 heterocycles. The van der Waals surface area contributed by atoms with Gasteiger partial charge in [0.25, 0.3) is 0 Å². The summed E-state index contributed by atoms with van der Waals surface area (Å²) in [5, 5.41) is 3.18. The number of rotatable bonds is 9. The Morgan fingerprint density at radius 3 is 2.16 bits per heavy atom. The van der Waals surface area contributed by atoms with Crippen molar-refractivity contribution in [2.75, 3.05) is 47.8 Å². The van der Waals surface area contributed by atoms with Gasteiger partial charge in [0.2, 0.25) is 0 Å². The molecule has 0 spiro atoms. The largest absolute Gasteiger partial charge is 0.319 e. The Morgan fingerprint density at radius 2 is 1.58 bits per heavy atom. The monoisotopic (exact) mass is 263 g/mol. The van der Waals surface area contributed by atoms with E-state index in [4.69, 9.17) is 0 Å². The number of likely N-dealkylation sites (N-methyl/N-ethyl adjacent to an activating group) is 1. The molecule has 19 heavy (non-hydrogen) atoms. The fourth-order valence-electron chi connectivity index (χ4n) is 2.13. The van der Waals surface area contributed by atoms with Gasteiger partial charge >= 0.3 is 0 Å². The Balaban J connectivity index is 2.31. The van der Waals surface area contributed by atoms with E-state index in [0.717, 1.165) is 32.6 Å². The minimum absolute atomic E-state index is 1.04. The highest BCUT2D eigenvalue weighted by Gasteiger charge is 2.01. The van der Waals surface area contributed by atoms with Crippen LogP contribution < -0.4 is 5.32 Å². The predicted octanol–water partition coefficient (Wildman–Crippen LogP) is 1.83. The van der Waals surface area contributed by atoms with Gasteiger partial charge in [-0.1, -0.05) is 24.3 Å². The maximum atomic E-state index is 3.18. The van der Waals surface area contributed by atoms with E-state index >= 15 is 0 Å². The maximum absolute atomic E-state index is 3.18. The molecule has 1 aromatic rings. The van der Waals surface area contributed by atoms with E-state index < -0.39 is 0 Å². The van der Waals surface area contributed by atoms with Crippen molar-refractivity contribution in [1.29, 1.82) is 0 Å². The number of nitrogens with one attached hydrogen (secondary N) is 1. The fourth-order valence-corrected chi connectivity index (χ4v) is 2.13. The van der Waals surface area contributed by atoms with Crippen LogP contribution in [0.5, 0.6) is 0 Å². The van der Waals surface area contributed by atoms with Gasteiger partial charge in [0.15, 0.2) is 0 Å². The van der Waals surface area contributed by atoms with Gasteiger partial charge in [-0.25, -0.2) is 0 Å². The maximum Gasteiger partial charge on any atom is 0.0230 e.